The summed E-state index contributed by atoms with van der Waals surface area (Å²) in [4.78, 5) is 0. The number of rotatable bonds is 6. The van der Waals surface area contributed by atoms with Crippen molar-refractivity contribution in [3.05, 3.63) is 35.4 Å². The zero-order valence-corrected chi connectivity index (χ0v) is 12.6. The van der Waals surface area contributed by atoms with Crippen molar-refractivity contribution in [1.29, 1.82) is 0 Å². The Morgan fingerprint density at radius 1 is 1.00 bits per heavy atom. The van der Waals surface area contributed by atoms with Gasteiger partial charge in [0.15, 0.2) is 0 Å². The number of alkyl halides is 1. The third-order valence-corrected chi connectivity index (χ3v) is 5.08. The number of benzene rings is 1. The molecule has 0 saturated carbocycles. The molecule has 0 fully saturated rings. The molecule has 0 atom stereocenters. The molecule has 90 valence electrons. The van der Waals surface area contributed by atoms with Gasteiger partial charge >= 0.3 is 0 Å². The van der Waals surface area contributed by atoms with Crippen molar-refractivity contribution < 1.29 is 0 Å². The van der Waals surface area contributed by atoms with Gasteiger partial charge in [-0.3, -0.25) is 0 Å². The molecule has 0 unspecified atom stereocenters. The third kappa shape index (κ3) is 5.93. The Bertz CT molecular complexity index is 301. The maximum Gasteiger partial charge on any atom is 0.150 e. The summed E-state index contributed by atoms with van der Waals surface area (Å²) in [5, 5.41) is 0. The van der Waals surface area contributed by atoms with Crippen molar-refractivity contribution in [3.8, 4) is 0 Å². The highest BCUT2D eigenvalue weighted by Crippen LogP contribution is 2.19. The van der Waals surface area contributed by atoms with Crippen LogP contribution in [0.5, 0.6) is 0 Å². The highest BCUT2D eigenvalue weighted by atomic mass is 35.6. The predicted octanol–water partition coefficient (Wildman–Crippen LogP) is 5.19. The van der Waals surface area contributed by atoms with Gasteiger partial charge in [-0.15, -0.1) is 11.6 Å². The van der Waals surface area contributed by atoms with Crippen LogP contribution in [0, 0.1) is 0 Å². The van der Waals surface area contributed by atoms with Gasteiger partial charge in [0.2, 0.25) is 0 Å². The minimum atomic E-state index is -1.36. The normalized spacial score (nSPS) is 11.8. The van der Waals surface area contributed by atoms with Gasteiger partial charge in [0.25, 0.3) is 0 Å². The number of halogens is 2. The van der Waals surface area contributed by atoms with E-state index in [0.717, 1.165) is 6.42 Å². The van der Waals surface area contributed by atoms with Crippen LogP contribution < -0.4 is 0 Å². The molecule has 16 heavy (non-hydrogen) atoms. The molecule has 0 aliphatic carbocycles. The van der Waals surface area contributed by atoms with Crippen molar-refractivity contribution in [2.24, 2.45) is 0 Å². The second-order valence-electron chi connectivity index (χ2n) is 4.88. The van der Waals surface area contributed by atoms with Crippen LogP contribution in [0.1, 0.15) is 24.0 Å². The van der Waals surface area contributed by atoms with Crippen LogP contribution in [0.4, 0.5) is 0 Å². The first-order valence-corrected chi connectivity index (χ1v) is 10.6. The van der Waals surface area contributed by atoms with E-state index in [0.29, 0.717) is 5.88 Å². The standard InChI is InChI=1S/C13H20Cl2Si/c1-16(2,15)10-4-3-5-12-6-8-13(11-14)9-7-12/h6-9H,3-5,10-11H2,1-2H3. The highest BCUT2D eigenvalue weighted by molar-refractivity contribution is 7.19. The summed E-state index contributed by atoms with van der Waals surface area (Å²) >= 11 is 12.0. The minimum absolute atomic E-state index is 0.603. The minimum Gasteiger partial charge on any atom is -0.168 e. The first kappa shape index (κ1) is 14.1. The van der Waals surface area contributed by atoms with Gasteiger partial charge in [0.1, 0.15) is 7.38 Å². The summed E-state index contributed by atoms with van der Waals surface area (Å²) in [7, 11) is -1.36. The van der Waals surface area contributed by atoms with Crippen molar-refractivity contribution in [1.82, 2.24) is 0 Å². The topological polar surface area (TPSA) is 0 Å². The molecular formula is C13H20Cl2Si. The monoisotopic (exact) mass is 274 g/mol. The molecule has 0 aromatic heterocycles. The van der Waals surface area contributed by atoms with Crippen LogP contribution >= 0.6 is 22.7 Å². The average Bonchev–Trinajstić information content (AvgIpc) is 2.24. The summed E-state index contributed by atoms with van der Waals surface area (Å²) < 4.78 is 0. The molecule has 0 radical (unpaired) electrons. The Kier molecular flexibility index (Phi) is 5.88. The molecule has 1 aromatic rings. The Balaban J connectivity index is 2.27. The molecule has 1 aromatic carbocycles. The van der Waals surface area contributed by atoms with Crippen LogP contribution in [0.3, 0.4) is 0 Å². The van der Waals surface area contributed by atoms with Gasteiger partial charge in [-0.25, -0.2) is 0 Å². The lowest BCUT2D eigenvalue weighted by Gasteiger charge is -2.11. The predicted molar refractivity (Wildman–Crippen MR) is 77.1 cm³/mol. The Morgan fingerprint density at radius 2 is 1.56 bits per heavy atom. The van der Waals surface area contributed by atoms with E-state index in [9.17, 15) is 0 Å². The summed E-state index contributed by atoms with van der Waals surface area (Å²) in [6.45, 7) is 4.42. The smallest absolute Gasteiger partial charge is 0.150 e. The summed E-state index contributed by atoms with van der Waals surface area (Å²) in [6.07, 6.45) is 3.65. The van der Waals surface area contributed by atoms with Crippen LogP contribution in [0.15, 0.2) is 24.3 Å². The lowest BCUT2D eigenvalue weighted by molar-refractivity contribution is 0.787. The largest absolute Gasteiger partial charge is 0.168 e. The average molecular weight is 275 g/mol. The highest BCUT2D eigenvalue weighted by Gasteiger charge is 2.15. The van der Waals surface area contributed by atoms with Crippen molar-refractivity contribution in [3.63, 3.8) is 0 Å². The third-order valence-electron chi connectivity index (χ3n) is 2.66. The van der Waals surface area contributed by atoms with Gasteiger partial charge in [-0.05, 0) is 30.0 Å². The maximum atomic E-state index is 6.28. The summed E-state index contributed by atoms with van der Waals surface area (Å²) in [5.41, 5.74) is 2.60. The van der Waals surface area contributed by atoms with Gasteiger partial charge in [-0.1, -0.05) is 43.8 Å². The Labute approximate surface area is 110 Å². The lowest BCUT2D eigenvalue weighted by Crippen LogP contribution is -2.15. The molecule has 0 spiro atoms. The SMILES string of the molecule is C[Si](C)(Cl)CCCCc1ccc(CCl)cc1. The van der Waals surface area contributed by atoms with Crippen LogP contribution in [0.2, 0.25) is 19.1 Å². The molecular weight excluding hydrogens is 255 g/mol. The molecule has 0 N–H and O–H groups in total. The zero-order chi connectivity index (χ0) is 12.0. The van der Waals surface area contributed by atoms with Crippen molar-refractivity contribution in [2.75, 3.05) is 0 Å². The van der Waals surface area contributed by atoms with E-state index in [2.05, 4.69) is 37.4 Å². The van der Waals surface area contributed by atoms with E-state index in [-0.39, 0.29) is 0 Å². The Hall–Kier alpha value is 0.0169. The second-order valence-corrected chi connectivity index (χ2v) is 12.2. The van der Waals surface area contributed by atoms with Gasteiger partial charge in [0.05, 0.1) is 0 Å². The summed E-state index contributed by atoms with van der Waals surface area (Å²) in [6, 6.07) is 9.81. The second kappa shape index (κ2) is 6.68. The van der Waals surface area contributed by atoms with E-state index in [4.69, 9.17) is 22.7 Å². The van der Waals surface area contributed by atoms with Crippen LogP contribution in [0.25, 0.3) is 0 Å². The first-order chi connectivity index (χ1) is 7.51. The zero-order valence-electron chi connectivity index (χ0n) is 10.1. The van der Waals surface area contributed by atoms with Gasteiger partial charge < -0.3 is 0 Å². The molecule has 0 aliphatic rings. The molecule has 0 heterocycles. The number of unbranched alkanes of at least 4 members (excludes halogenated alkanes) is 1. The summed E-state index contributed by atoms with van der Waals surface area (Å²) in [5.74, 6) is 0.603. The van der Waals surface area contributed by atoms with Crippen LogP contribution in [-0.2, 0) is 12.3 Å². The molecule has 0 amide bonds. The van der Waals surface area contributed by atoms with E-state index in [1.165, 1.54) is 30.0 Å². The molecule has 0 aliphatic heterocycles. The van der Waals surface area contributed by atoms with Gasteiger partial charge in [0, 0.05) is 5.88 Å². The lowest BCUT2D eigenvalue weighted by atomic mass is 10.1. The molecule has 1 rings (SSSR count). The maximum absolute atomic E-state index is 6.28. The van der Waals surface area contributed by atoms with Crippen LogP contribution in [-0.4, -0.2) is 7.38 Å². The van der Waals surface area contributed by atoms with Gasteiger partial charge in [-0.2, -0.15) is 11.1 Å². The molecule has 0 bridgehead atoms. The van der Waals surface area contributed by atoms with E-state index in [1.54, 1.807) is 0 Å². The molecule has 0 saturated heterocycles. The number of aryl methyl sites for hydroxylation is 1. The number of hydrogen-bond donors (Lipinski definition) is 0. The Morgan fingerprint density at radius 3 is 2.06 bits per heavy atom. The fourth-order valence-corrected chi connectivity index (χ4v) is 3.34. The molecule has 3 heteroatoms. The van der Waals surface area contributed by atoms with E-state index < -0.39 is 7.38 Å². The quantitative estimate of drug-likeness (QED) is 0.290. The molecule has 0 nitrogen and oxygen atoms in total. The van der Waals surface area contributed by atoms with E-state index in [1.807, 2.05) is 0 Å². The van der Waals surface area contributed by atoms with E-state index >= 15 is 0 Å². The fourth-order valence-electron chi connectivity index (χ4n) is 1.67. The van der Waals surface area contributed by atoms with Crippen molar-refractivity contribution >= 4 is 30.1 Å². The fraction of sp³-hybridized carbons (Fsp3) is 0.538. The first-order valence-electron chi connectivity index (χ1n) is 5.84. The van der Waals surface area contributed by atoms with Crippen molar-refractivity contribution in [2.45, 2.75) is 44.3 Å². The number of hydrogen-bond acceptors (Lipinski definition) is 0.